The van der Waals surface area contributed by atoms with E-state index in [9.17, 15) is 5.11 Å². The summed E-state index contributed by atoms with van der Waals surface area (Å²) in [5.41, 5.74) is 5.78. The fraction of sp³-hybridized carbons (Fsp3) is 0.733. The van der Waals surface area contributed by atoms with Crippen molar-refractivity contribution >= 4 is 15.9 Å². The molecule has 4 heteroatoms. The van der Waals surface area contributed by atoms with Gasteiger partial charge in [-0.25, -0.2) is 0 Å². The molecule has 0 radical (unpaired) electrons. The minimum atomic E-state index is -0.607. The number of aliphatic hydroxyl groups excluding tert-OH is 1. The van der Waals surface area contributed by atoms with Crippen LogP contribution in [0.15, 0.2) is 21.2 Å². The predicted octanol–water partition coefficient (Wildman–Crippen LogP) is 4.01. The molecule has 108 valence electrons. The average molecular weight is 330 g/mol. The van der Waals surface area contributed by atoms with Crippen molar-refractivity contribution in [2.75, 3.05) is 6.54 Å². The SMILES string of the molecule is CCCC1CCC(CN)(C(O)c2occc2Br)CC1. The third-order valence-corrected chi connectivity index (χ3v) is 5.33. The second-order valence-corrected chi connectivity index (χ2v) is 6.69. The van der Waals surface area contributed by atoms with Gasteiger partial charge in [-0.3, -0.25) is 0 Å². The summed E-state index contributed by atoms with van der Waals surface area (Å²) in [5.74, 6) is 1.43. The van der Waals surface area contributed by atoms with E-state index >= 15 is 0 Å². The Morgan fingerprint density at radius 3 is 2.68 bits per heavy atom. The quantitative estimate of drug-likeness (QED) is 0.857. The van der Waals surface area contributed by atoms with Crippen molar-refractivity contribution < 1.29 is 9.52 Å². The number of rotatable bonds is 5. The molecule has 0 saturated heterocycles. The number of nitrogens with two attached hydrogens (primary N) is 1. The lowest BCUT2D eigenvalue weighted by Gasteiger charge is -2.42. The molecule has 1 atom stereocenters. The molecule has 1 unspecified atom stereocenters. The molecule has 1 aromatic heterocycles. The molecule has 0 spiro atoms. The van der Waals surface area contributed by atoms with Gasteiger partial charge >= 0.3 is 0 Å². The lowest BCUT2D eigenvalue weighted by Crippen LogP contribution is -2.40. The molecule has 1 aliphatic rings. The summed E-state index contributed by atoms with van der Waals surface area (Å²) in [7, 11) is 0. The molecule has 1 saturated carbocycles. The van der Waals surface area contributed by atoms with Crippen molar-refractivity contribution in [3.8, 4) is 0 Å². The van der Waals surface area contributed by atoms with E-state index < -0.39 is 6.10 Å². The molecule has 1 heterocycles. The third-order valence-electron chi connectivity index (χ3n) is 4.68. The minimum absolute atomic E-state index is 0.218. The lowest BCUT2D eigenvalue weighted by molar-refractivity contribution is -0.0239. The normalized spacial score (nSPS) is 29.4. The summed E-state index contributed by atoms with van der Waals surface area (Å²) in [5, 5.41) is 10.7. The average Bonchev–Trinajstić information content (AvgIpc) is 2.85. The van der Waals surface area contributed by atoms with Gasteiger partial charge in [0, 0.05) is 12.0 Å². The highest BCUT2D eigenvalue weighted by molar-refractivity contribution is 9.10. The van der Waals surface area contributed by atoms with Crippen LogP contribution >= 0.6 is 15.9 Å². The molecule has 1 aromatic rings. The van der Waals surface area contributed by atoms with Crippen LogP contribution in [0.5, 0.6) is 0 Å². The topological polar surface area (TPSA) is 59.4 Å². The highest BCUT2D eigenvalue weighted by atomic mass is 79.9. The fourth-order valence-corrected chi connectivity index (χ4v) is 3.74. The van der Waals surface area contributed by atoms with Crippen LogP contribution in [0.3, 0.4) is 0 Å². The van der Waals surface area contributed by atoms with Crippen molar-refractivity contribution in [3.05, 3.63) is 22.6 Å². The van der Waals surface area contributed by atoms with Crippen molar-refractivity contribution in [2.45, 2.75) is 51.6 Å². The second kappa shape index (κ2) is 6.42. The van der Waals surface area contributed by atoms with Gasteiger partial charge in [0.1, 0.15) is 11.9 Å². The van der Waals surface area contributed by atoms with E-state index in [-0.39, 0.29) is 5.41 Å². The van der Waals surface area contributed by atoms with E-state index in [1.54, 1.807) is 6.26 Å². The van der Waals surface area contributed by atoms with Crippen LogP contribution in [-0.2, 0) is 0 Å². The van der Waals surface area contributed by atoms with Gasteiger partial charge in [0.05, 0.1) is 10.7 Å². The van der Waals surface area contributed by atoms with Gasteiger partial charge in [0.2, 0.25) is 0 Å². The summed E-state index contributed by atoms with van der Waals surface area (Å²) in [6, 6.07) is 1.82. The summed E-state index contributed by atoms with van der Waals surface area (Å²) in [6.45, 7) is 2.75. The Morgan fingerprint density at radius 1 is 1.53 bits per heavy atom. The molecular formula is C15H24BrNO2. The number of aliphatic hydroxyl groups is 1. The van der Waals surface area contributed by atoms with Crippen molar-refractivity contribution in [3.63, 3.8) is 0 Å². The van der Waals surface area contributed by atoms with Crippen LogP contribution in [0.4, 0.5) is 0 Å². The molecule has 2 rings (SSSR count). The molecule has 1 aliphatic carbocycles. The zero-order chi connectivity index (χ0) is 13.9. The highest BCUT2D eigenvalue weighted by Crippen LogP contribution is 2.48. The molecule has 0 amide bonds. The monoisotopic (exact) mass is 329 g/mol. The summed E-state index contributed by atoms with van der Waals surface area (Å²) in [6.07, 6.45) is 7.85. The molecule has 3 N–H and O–H groups in total. The number of hydrogen-bond donors (Lipinski definition) is 2. The molecule has 19 heavy (non-hydrogen) atoms. The fourth-order valence-electron chi connectivity index (χ4n) is 3.32. The van der Waals surface area contributed by atoms with Crippen LogP contribution in [0.25, 0.3) is 0 Å². The van der Waals surface area contributed by atoms with Crippen LogP contribution in [0.1, 0.15) is 57.3 Å². The first-order valence-corrected chi connectivity index (χ1v) is 8.03. The molecule has 0 aliphatic heterocycles. The van der Waals surface area contributed by atoms with E-state index in [1.165, 1.54) is 25.7 Å². The van der Waals surface area contributed by atoms with Crippen LogP contribution in [-0.4, -0.2) is 11.7 Å². The summed E-state index contributed by atoms with van der Waals surface area (Å²) in [4.78, 5) is 0. The van der Waals surface area contributed by atoms with Crippen LogP contribution in [0, 0.1) is 11.3 Å². The van der Waals surface area contributed by atoms with E-state index in [2.05, 4.69) is 22.9 Å². The first kappa shape index (κ1) is 15.1. The zero-order valence-corrected chi connectivity index (χ0v) is 13.2. The molecule has 0 bridgehead atoms. The molecule has 3 nitrogen and oxygen atoms in total. The smallest absolute Gasteiger partial charge is 0.147 e. The minimum Gasteiger partial charge on any atom is -0.465 e. The number of halogens is 1. The molecule has 0 aromatic carbocycles. The second-order valence-electron chi connectivity index (χ2n) is 5.83. The van der Waals surface area contributed by atoms with Gasteiger partial charge < -0.3 is 15.3 Å². The van der Waals surface area contributed by atoms with E-state index in [0.29, 0.717) is 12.3 Å². The van der Waals surface area contributed by atoms with Crippen molar-refractivity contribution in [2.24, 2.45) is 17.1 Å². The maximum atomic E-state index is 10.7. The Hall–Kier alpha value is -0.320. The zero-order valence-electron chi connectivity index (χ0n) is 11.6. The number of hydrogen-bond acceptors (Lipinski definition) is 3. The van der Waals surface area contributed by atoms with E-state index in [1.807, 2.05) is 6.07 Å². The Bertz CT molecular complexity index is 397. The molecular weight excluding hydrogens is 306 g/mol. The first-order chi connectivity index (χ1) is 9.13. The Labute approximate surface area is 123 Å². The maximum Gasteiger partial charge on any atom is 0.147 e. The predicted molar refractivity (Wildman–Crippen MR) is 79.7 cm³/mol. The van der Waals surface area contributed by atoms with Crippen LogP contribution in [0.2, 0.25) is 0 Å². The lowest BCUT2D eigenvalue weighted by atomic mass is 9.66. The van der Waals surface area contributed by atoms with Crippen molar-refractivity contribution in [1.29, 1.82) is 0 Å². The van der Waals surface area contributed by atoms with Gasteiger partial charge in [-0.1, -0.05) is 19.8 Å². The Morgan fingerprint density at radius 2 is 2.21 bits per heavy atom. The summed E-state index contributed by atoms with van der Waals surface area (Å²) < 4.78 is 6.26. The van der Waals surface area contributed by atoms with Gasteiger partial charge in [0.15, 0.2) is 0 Å². The highest BCUT2D eigenvalue weighted by Gasteiger charge is 2.42. The van der Waals surface area contributed by atoms with Gasteiger partial charge in [0.25, 0.3) is 0 Å². The number of furan rings is 1. The van der Waals surface area contributed by atoms with Gasteiger partial charge in [-0.15, -0.1) is 0 Å². The van der Waals surface area contributed by atoms with E-state index in [0.717, 1.165) is 23.2 Å². The van der Waals surface area contributed by atoms with Gasteiger partial charge in [-0.05, 0) is 53.6 Å². The van der Waals surface area contributed by atoms with Crippen molar-refractivity contribution in [1.82, 2.24) is 0 Å². The Kier molecular flexibility index (Phi) is 5.09. The first-order valence-electron chi connectivity index (χ1n) is 7.24. The largest absolute Gasteiger partial charge is 0.465 e. The Balaban J connectivity index is 2.10. The van der Waals surface area contributed by atoms with Gasteiger partial charge in [-0.2, -0.15) is 0 Å². The van der Waals surface area contributed by atoms with Crippen LogP contribution < -0.4 is 5.73 Å². The van der Waals surface area contributed by atoms with E-state index in [4.69, 9.17) is 10.2 Å². The third kappa shape index (κ3) is 3.06. The summed E-state index contributed by atoms with van der Waals surface area (Å²) >= 11 is 3.43. The standard InChI is InChI=1S/C15H24BrNO2/c1-2-3-11-4-7-15(10-17,8-5-11)14(18)13-12(16)6-9-19-13/h6,9,11,14,18H,2-5,7-8,10,17H2,1H3. The maximum absolute atomic E-state index is 10.7. The molecule has 1 fully saturated rings.